The zero-order chi connectivity index (χ0) is 21.8. The number of thioether (sulfide) groups is 1. The van der Waals surface area contributed by atoms with Gasteiger partial charge in [0.05, 0.1) is 30.2 Å². The highest BCUT2D eigenvalue weighted by Gasteiger charge is 2.16. The predicted octanol–water partition coefficient (Wildman–Crippen LogP) is 3.61. The van der Waals surface area contributed by atoms with E-state index in [9.17, 15) is 9.59 Å². The molecule has 0 N–H and O–H groups in total. The number of para-hydroxylation sites is 1. The maximum Gasteiger partial charge on any atom is 0.307 e. The molecule has 0 atom stereocenters. The van der Waals surface area contributed by atoms with Crippen LogP contribution in [0.15, 0.2) is 63.0 Å². The van der Waals surface area contributed by atoms with E-state index in [0.29, 0.717) is 33.5 Å². The van der Waals surface area contributed by atoms with Crippen LogP contribution in [0.3, 0.4) is 0 Å². The van der Waals surface area contributed by atoms with Crippen molar-refractivity contribution in [3.05, 3.63) is 70.3 Å². The maximum atomic E-state index is 13.0. The van der Waals surface area contributed by atoms with Crippen LogP contribution in [0.25, 0.3) is 22.3 Å². The van der Waals surface area contributed by atoms with E-state index in [-0.39, 0.29) is 18.5 Å². The Morgan fingerprint density at radius 1 is 1.13 bits per heavy atom. The lowest BCUT2D eigenvalue weighted by molar-refractivity contribution is -0.140. The van der Waals surface area contributed by atoms with Crippen molar-refractivity contribution in [2.24, 2.45) is 0 Å². The predicted molar refractivity (Wildman–Crippen MR) is 117 cm³/mol. The van der Waals surface area contributed by atoms with E-state index in [1.165, 1.54) is 23.4 Å². The highest BCUT2D eigenvalue weighted by molar-refractivity contribution is 7.98. The van der Waals surface area contributed by atoms with Gasteiger partial charge in [-0.1, -0.05) is 53.3 Å². The van der Waals surface area contributed by atoms with E-state index in [1.807, 2.05) is 37.3 Å². The van der Waals surface area contributed by atoms with E-state index in [4.69, 9.17) is 9.26 Å². The first kappa shape index (κ1) is 20.8. The summed E-state index contributed by atoms with van der Waals surface area (Å²) in [4.78, 5) is 33.7. The molecule has 8 nitrogen and oxygen atoms in total. The van der Waals surface area contributed by atoms with Gasteiger partial charge in [-0.25, -0.2) is 4.98 Å². The van der Waals surface area contributed by atoms with Crippen LogP contribution in [0, 0.1) is 6.92 Å². The van der Waals surface area contributed by atoms with Crippen molar-refractivity contribution in [3.63, 3.8) is 0 Å². The number of rotatable bonds is 7. The molecule has 0 aliphatic carbocycles. The first-order chi connectivity index (χ1) is 15.1. The number of hydrogen-bond donors (Lipinski definition) is 0. The minimum absolute atomic E-state index is 0.0714. The van der Waals surface area contributed by atoms with Crippen LogP contribution in [-0.4, -0.2) is 32.8 Å². The Labute approximate surface area is 182 Å². The third-order valence-corrected chi connectivity index (χ3v) is 5.73. The molecule has 2 heterocycles. The van der Waals surface area contributed by atoms with Crippen LogP contribution in [0.5, 0.6) is 0 Å². The summed E-state index contributed by atoms with van der Waals surface area (Å²) in [5.74, 6) is 0.881. The fraction of sp³-hybridized carbons (Fsp3) is 0.227. The number of methoxy groups -OCH3 is 1. The monoisotopic (exact) mass is 436 g/mol. The number of fused-ring (bicyclic) bond motifs is 1. The van der Waals surface area contributed by atoms with Crippen molar-refractivity contribution in [3.8, 4) is 11.4 Å². The van der Waals surface area contributed by atoms with E-state index >= 15 is 0 Å². The quantitative estimate of drug-likeness (QED) is 0.246. The molecule has 158 valence electrons. The van der Waals surface area contributed by atoms with Gasteiger partial charge in [0, 0.05) is 12.1 Å². The van der Waals surface area contributed by atoms with Gasteiger partial charge in [0.1, 0.15) is 0 Å². The van der Waals surface area contributed by atoms with Crippen LogP contribution in [-0.2, 0) is 21.8 Å². The molecule has 0 aliphatic heterocycles. The van der Waals surface area contributed by atoms with E-state index < -0.39 is 5.97 Å². The molecule has 0 radical (unpaired) electrons. The summed E-state index contributed by atoms with van der Waals surface area (Å²) < 4.78 is 11.6. The molecule has 0 fully saturated rings. The molecule has 9 heteroatoms. The third-order valence-electron chi connectivity index (χ3n) is 4.77. The standard InChI is InChI=1S/C22H20N4O4S/c1-14-7-3-4-8-15(14)20-24-18(30-25-20)13-31-22-23-17-10-6-5-9-16(17)21(28)26(22)12-11-19(27)29-2/h3-10H,11-13H2,1-2H3. The van der Waals surface area contributed by atoms with Gasteiger partial charge in [-0.15, -0.1) is 0 Å². The van der Waals surface area contributed by atoms with Gasteiger partial charge < -0.3 is 9.26 Å². The SMILES string of the molecule is COC(=O)CCn1c(SCc2nc(-c3ccccc3C)no2)nc2ccccc2c1=O. The normalized spacial score (nSPS) is 11.0. The lowest BCUT2D eigenvalue weighted by Crippen LogP contribution is -2.24. The Balaban J connectivity index is 1.61. The first-order valence-corrected chi connectivity index (χ1v) is 10.6. The van der Waals surface area contributed by atoms with E-state index in [0.717, 1.165) is 11.1 Å². The van der Waals surface area contributed by atoms with Gasteiger partial charge in [-0.2, -0.15) is 4.98 Å². The number of benzene rings is 2. The first-order valence-electron chi connectivity index (χ1n) is 9.64. The zero-order valence-electron chi connectivity index (χ0n) is 17.1. The fourth-order valence-corrected chi connectivity index (χ4v) is 4.00. The summed E-state index contributed by atoms with van der Waals surface area (Å²) in [5.41, 5.74) is 2.34. The zero-order valence-corrected chi connectivity index (χ0v) is 17.9. The minimum Gasteiger partial charge on any atom is -0.469 e. The number of ether oxygens (including phenoxy) is 1. The summed E-state index contributed by atoms with van der Waals surface area (Å²) in [7, 11) is 1.32. The number of nitrogens with zero attached hydrogens (tertiary/aromatic N) is 4. The molecule has 4 rings (SSSR count). The minimum atomic E-state index is -0.393. The molecule has 4 aromatic rings. The number of esters is 1. The fourth-order valence-electron chi connectivity index (χ4n) is 3.13. The third kappa shape index (κ3) is 4.51. The second kappa shape index (κ2) is 9.13. The Bertz CT molecular complexity index is 1300. The van der Waals surface area contributed by atoms with Crippen LogP contribution in [0.4, 0.5) is 0 Å². The van der Waals surface area contributed by atoms with Gasteiger partial charge >= 0.3 is 5.97 Å². The Morgan fingerprint density at radius 2 is 1.90 bits per heavy atom. The molecule has 0 amide bonds. The van der Waals surface area contributed by atoms with Gasteiger partial charge in [0.2, 0.25) is 11.7 Å². The number of aryl methyl sites for hydroxylation is 1. The lowest BCUT2D eigenvalue weighted by Gasteiger charge is -2.12. The van der Waals surface area contributed by atoms with Crippen molar-refractivity contribution in [1.82, 2.24) is 19.7 Å². The molecule has 0 bridgehead atoms. The van der Waals surface area contributed by atoms with Crippen LogP contribution in [0.2, 0.25) is 0 Å². The summed E-state index contributed by atoms with van der Waals surface area (Å²) in [6, 6.07) is 14.9. The Kier molecular flexibility index (Phi) is 6.13. The summed E-state index contributed by atoms with van der Waals surface area (Å²) in [6.45, 7) is 2.16. The van der Waals surface area contributed by atoms with Gasteiger partial charge in [-0.3, -0.25) is 14.2 Å². The van der Waals surface area contributed by atoms with Crippen LogP contribution in [0.1, 0.15) is 17.9 Å². The largest absolute Gasteiger partial charge is 0.469 e. The Hall–Kier alpha value is -3.46. The number of carbonyl (C=O) groups is 1. The van der Waals surface area contributed by atoms with E-state index in [1.54, 1.807) is 18.2 Å². The number of hydrogen-bond acceptors (Lipinski definition) is 8. The highest BCUT2D eigenvalue weighted by atomic mass is 32.2. The molecular formula is C22H20N4O4S. The van der Waals surface area contributed by atoms with Crippen molar-refractivity contribution < 1.29 is 14.1 Å². The van der Waals surface area contributed by atoms with Gasteiger partial charge in [0.15, 0.2) is 5.16 Å². The average Bonchev–Trinajstić information content (AvgIpc) is 3.26. The van der Waals surface area contributed by atoms with Gasteiger partial charge in [-0.05, 0) is 24.6 Å². The molecule has 0 aliphatic rings. The molecule has 0 saturated heterocycles. The van der Waals surface area contributed by atoms with Gasteiger partial charge in [0.25, 0.3) is 5.56 Å². The Morgan fingerprint density at radius 3 is 2.71 bits per heavy atom. The van der Waals surface area contributed by atoms with Crippen molar-refractivity contribution >= 4 is 28.6 Å². The second-order valence-corrected chi connectivity index (χ2v) is 7.75. The molecule has 2 aromatic carbocycles. The van der Waals surface area contributed by atoms with E-state index in [2.05, 4.69) is 15.1 Å². The molecule has 31 heavy (non-hydrogen) atoms. The molecular weight excluding hydrogens is 416 g/mol. The molecule has 0 unspecified atom stereocenters. The molecule has 2 aromatic heterocycles. The maximum absolute atomic E-state index is 13.0. The topological polar surface area (TPSA) is 100 Å². The van der Waals surface area contributed by atoms with Crippen LogP contribution >= 0.6 is 11.8 Å². The average molecular weight is 436 g/mol. The summed E-state index contributed by atoms with van der Waals surface area (Å²) in [6.07, 6.45) is 0.0714. The summed E-state index contributed by atoms with van der Waals surface area (Å²) in [5, 5.41) is 5.04. The summed E-state index contributed by atoms with van der Waals surface area (Å²) >= 11 is 1.30. The number of carbonyl (C=O) groups excluding carboxylic acids is 1. The molecule has 0 spiro atoms. The molecule has 0 saturated carbocycles. The highest BCUT2D eigenvalue weighted by Crippen LogP contribution is 2.24. The van der Waals surface area contributed by atoms with Crippen molar-refractivity contribution in [1.29, 1.82) is 0 Å². The van der Waals surface area contributed by atoms with Crippen molar-refractivity contribution in [2.45, 2.75) is 30.8 Å². The van der Waals surface area contributed by atoms with Crippen LogP contribution < -0.4 is 5.56 Å². The van der Waals surface area contributed by atoms with Crippen molar-refractivity contribution in [2.75, 3.05) is 7.11 Å². The lowest BCUT2D eigenvalue weighted by atomic mass is 10.1. The number of aromatic nitrogens is 4. The second-order valence-electron chi connectivity index (χ2n) is 6.81. The smallest absolute Gasteiger partial charge is 0.307 e.